The van der Waals surface area contributed by atoms with Gasteiger partial charge in [0.1, 0.15) is 17.5 Å². The molecule has 0 radical (unpaired) electrons. The van der Waals surface area contributed by atoms with Crippen molar-refractivity contribution in [2.75, 3.05) is 0 Å². The van der Waals surface area contributed by atoms with Crippen molar-refractivity contribution in [2.24, 2.45) is 5.73 Å². The first-order valence-electron chi connectivity index (χ1n) is 7.13. The third-order valence-electron chi connectivity index (χ3n) is 3.52. The van der Waals surface area contributed by atoms with Gasteiger partial charge < -0.3 is 20.7 Å². The van der Waals surface area contributed by atoms with E-state index in [9.17, 15) is 9.90 Å². The third kappa shape index (κ3) is 4.51. The SMILES string of the molecule is Cc1cc(Oc2c(I)cc(C[C@H](N)C(=O)O)cc2I)cc(C)c1O. The van der Waals surface area contributed by atoms with Crippen LogP contribution in [-0.2, 0) is 11.2 Å². The summed E-state index contributed by atoms with van der Waals surface area (Å²) in [5, 5.41) is 18.8. The number of aryl methyl sites for hydroxylation is 2. The van der Waals surface area contributed by atoms with Gasteiger partial charge in [-0.05, 0) is 106 Å². The number of rotatable bonds is 5. The zero-order valence-electron chi connectivity index (χ0n) is 13.1. The molecule has 7 heteroatoms. The molecule has 0 aliphatic heterocycles. The number of carboxylic acid groups (broad SMARTS) is 1. The highest BCUT2D eigenvalue weighted by molar-refractivity contribution is 14.1. The molecule has 0 spiro atoms. The molecule has 1 atom stereocenters. The van der Waals surface area contributed by atoms with Gasteiger partial charge in [0, 0.05) is 0 Å². The molecule has 0 amide bonds. The molecule has 0 bridgehead atoms. The van der Waals surface area contributed by atoms with E-state index in [1.807, 2.05) is 26.0 Å². The molecule has 0 aromatic heterocycles. The second-order valence-corrected chi connectivity index (χ2v) is 7.87. The molecule has 24 heavy (non-hydrogen) atoms. The summed E-state index contributed by atoms with van der Waals surface area (Å²) in [7, 11) is 0. The Kier molecular flexibility index (Phi) is 6.32. The first-order chi connectivity index (χ1) is 11.2. The number of phenols is 1. The number of carboxylic acids is 1. The summed E-state index contributed by atoms with van der Waals surface area (Å²) in [6, 6.07) is 6.39. The quantitative estimate of drug-likeness (QED) is 0.488. The van der Waals surface area contributed by atoms with Crippen LogP contribution in [0.2, 0.25) is 0 Å². The molecule has 0 aliphatic carbocycles. The molecular weight excluding hydrogens is 536 g/mol. The Bertz CT molecular complexity index is 746. The second kappa shape index (κ2) is 7.87. The van der Waals surface area contributed by atoms with Crippen molar-refractivity contribution in [1.82, 2.24) is 0 Å². The Morgan fingerprint density at radius 2 is 1.67 bits per heavy atom. The van der Waals surface area contributed by atoms with Gasteiger partial charge >= 0.3 is 5.97 Å². The van der Waals surface area contributed by atoms with Crippen LogP contribution in [0.15, 0.2) is 24.3 Å². The van der Waals surface area contributed by atoms with Crippen LogP contribution in [-0.4, -0.2) is 22.2 Å². The number of carbonyl (C=O) groups is 1. The number of ether oxygens (including phenoxy) is 1. The van der Waals surface area contributed by atoms with E-state index in [4.69, 9.17) is 15.6 Å². The lowest BCUT2D eigenvalue weighted by molar-refractivity contribution is -0.138. The number of phenolic OH excluding ortho intramolecular Hbond substituents is 1. The van der Waals surface area contributed by atoms with Crippen LogP contribution in [0.25, 0.3) is 0 Å². The molecule has 2 aromatic carbocycles. The van der Waals surface area contributed by atoms with Crippen molar-refractivity contribution < 1.29 is 19.7 Å². The van der Waals surface area contributed by atoms with Gasteiger partial charge in [0.2, 0.25) is 0 Å². The third-order valence-corrected chi connectivity index (χ3v) is 5.12. The maximum Gasteiger partial charge on any atom is 0.320 e. The van der Waals surface area contributed by atoms with E-state index in [2.05, 4.69) is 45.2 Å². The van der Waals surface area contributed by atoms with Crippen LogP contribution in [0, 0.1) is 21.0 Å². The van der Waals surface area contributed by atoms with Crippen LogP contribution in [0.5, 0.6) is 17.2 Å². The van der Waals surface area contributed by atoms with Crippen LogP contribution < -0.4 is 10.5 Å². The summed E-state index contributed by atoms with van der Waals surface area (Å²) >= 11 is 4.32. The van der Waals surface area contributed by atoms with Gasteiger partial charge in [0.25, 0.3) is 0 Å². The predicted molar refractivity (Wildman–Crippen MR) is 109 cm³/mol. The van der Waals surface area contributed by atoms with Gasteiger partial charge in [-0.1, -0.05) is 0 Å². The maximum absolute atomic E-state index is 10.9. The average Bonchev–Trinajstić information content (AvgIpc) is 2.48. The topological polar surface area (TPSA) is 92.8 Å². The van der Waals surface area contributed by atoms with Crippen molar-refractivity contribution in [2.45, 2.75) is 26.3 Å². The summed E-state index contributed by atoms with van der Waals surface area (Å²) in [4.78, 5) is 10.9. The maximum atomic E-state index is 10.9. The Morgan fingerprint density at radius 1 is 1.17 bits per heavy atom. The first kappa shape index (κ1) is 19.3. The molecule has 0 unspecified atom stereocenters. The Labute approximate surface area is 167 Å². The molecule has 4 N–H and O–H groups in total. The Morgan fingerprint density at radius 3 is 2.12 bits per heavy atom. The Hall–Kier alpha value is -1.07. The van der Waals surface area contributed by atoms with Crippen LogP contribution in [0.1, 0.15) is 16.7 Å². The number of aromatic hydroxyl groups is 1. The van der Waals surface area contributed by atoms with E-state index in [0.29, 0.717) is 11.5 Å². The summed E-state index contributed by atoms with van der Waals surface area (Å²) in [6.07, 6.45) is 0.263. The lowest BCUT2D eigenvalue weighted by atomic mass is 10.1. The summed E-state index contributed by atoms with van der Waals surface area (Å²) in [6.45, 7) is 3.64. The molecular formula is C17H17I2NO4. The summed E-state index contributed by atoms with van der Waals surface area (Å²) < 4.78 is 7.73. The Balaban J connectivity index is 2.30. The predicted octanol–water partition coefficient (Wildman–Crippen LogP) is 3.96. The molecule has 0 heterocycles. The highest BCUT2D eigenvalue weighted by atomic mass is 127. The van der Waals surface area contributed by atoms with Crippen molar-refractivity contribution in [3.05, 3.63) is 48.1 Å². The average molecular weight is 553 g/mol. The van der Waals surface area contributed by atoms with Gasteiger partial charge in [-0.3, -0.25) is 4.79 Å². The van der Waals surface area contributed by atoms with Crippen LogP contribution in [0.4, 0.5) is 0 Å². The van der Waals surface area contributed by atoms with Crippen molar-refractivity contribution >= 4 is 51.2 Å². The molecule has 128 valence electrons. The van der Waals surface area contributed by atoms with E-state index in [1.165, 1.54) is 0 Å². The molecule has 2 aromatic rings. The van der Waals surface area contributed by atoms with Crippen LogP contribution in [0.3, 0.4) is 0 Å². The van der Waals surface area contributed by atoms with Gasteiger partial charge in [0.15, 0.2) is 5.75 Å². The molecule has 5 nitrogen and oxygen atoms in total. The first-order valence-corrected chi connectivity index (χ1v) is 9.29. The molecule has 2 rings (SSSR count). The molecule has 0 fully saturated rings. The standard InChI is InChI=1S/C17H17I2NO4/c1-8-3-11(4-9(2)15(8)21)24-16-12(18)5-10(6-13(16)19)7-14(20)17(22)23/h3-6,14,21H,7,20H2,1-2H3,(H,22,23)/t14-/m0/s1. The smallest absolute Gasteiger partial charge is 0.320 e. The number of hydrogen-bond donors (Lipinski definition) is 3. The minimum absolute atomic E-state index is 0.263. The van der Waals surface area contributed by atoms with E-state index >= 15 is 0 Å². The molecule has 0 aliphatic rings. The highest BCUT2D eigenvalue weighted by Gasteiger charge is 2.16. The highest BCUT2D eigenvalue weighted by Crippen LogP contribution is 2.35. The molecule has 0 saturated heterocycles. The minimum atomic E-state index is -1.02. The van der Waals surface area contributed by atoms with E-state index in [-0.39, 0.29) is 12.2 Å². The van der Waals surface area contributed by atoms with E-state index < -0.39 is 12.0 Å². The summed E-state index contributed by atoms with van der Waals surface area (Å²) in [5.74, 6) is 0.599. The fraction of sp³-hybridized carbons (Fsp3) is 0.235. The normalized spacial score (nSPS) is 12.0. The van der Waals surface area contributed by atoms with Gasteiger partial charge in [0.05, 0.1) is 7.14 Å². The molecule has 0 saturated carbocycles. The monoisotopic (exact) mass is 553 g/mol. The lowest BCUT2D eigenvalue weighted by Crippen LogP contribution is -2.32. The zero-order chi connectivity index (χ0) is 18.0. The number of halogens is 2. The largest absolute Gasteiger partial charge is 0.507 e. The number of nitrogens with two attached hydrogens (primary N) is 1. The van der Waals surface area contributed by atoms with Crippen LogP contribution >= 0.6 is 45.2 Å². The van der Waals surface area contributed by atoms with E-state index in [1.54, 1.807) is 12.1 Å². The summed E-state index contributed by atoms with van der Waals surface area (Å²) in [5.41, 5.74) is 7.95. The van der Waals surface area contributed by atoms with Gasteiger partial charge in [-0.15, -0.1) is 0 Å². The van der Waals surface area contributed by atoms with E-state index in [0.717, 1.165) is 23.8 Å². The van der Waals surface area contributed by atoms with Crippen molar-refractivity contribution in [3.63, 3.8) is 0 Å². The number of aliphatic carboxylic acids is 1. The fourth-order valence-corrected chi connectivity index (χ4v) is 4.38. The lowest BCUT2D eigenvalue weighted by Gasteiger charge is -2.14. The second-order valence-electron chi connectivity index (χ2n) is 5.55. The van der Waals surface area contributed by atoms with Crippen molar-refractivity contribution in [3.8, 4) is 17.2 Å². The number of hydrogen-bond acceptors (Lipinski definition) is 4. The zero-order valence-corrected chi connectivity index (χ0v) is 17.5. The van der Waals surface area contributed by atoms with Gasteiger partial charge in [-0.2, -0.15) is 0 Å². The fourth-order valence-electron chi connectivity index (χ4n) is 2.26. The minimum Gasteiger partial charge on any atom is -0.507 e. The van der Waals surface area contributed by atoms with Gasteiger partial charge in [-0.25, -0.2) is 0 Å². The van der Waals surface area contributed by atoms with Crippen molar-refractivity contribution in [1.29, 1.82) is 0 Å². The number of benzene rings is 2.